The summed E-state index contributed by atoms with van der Waals surface area (Å²) in [5, 5.41) is 33.6. The molecule has 11 nitrogen and oxygen atoms in total. The maximum absolute atomic E-state index is 12.4. The number of aliphatic carboxylic acids is 1. The third kappa shape index (κ3) is 5.99. The summed E-state index contributed by atoms with van der Waals surface area (Å²) in [6, 6.07) is 4.31. The van der Waals surface area contributed by atoms with E-state index < -0.39 is 53.0 Å². The summed E-state index contributed by atoms with van der Waals surface area (Å²) < 4.78 is 0. The maximum Gasteiger partial charge on any atom is 0.328 e. The topological polar surface area (TPSA) is 185 Å². The number of hydrogen-bond acceptors (Lipinski definition) is 7. The molecule has 1 aromatic carbocycles. The van der Waals surface area contributed by atoms with E-state index in [1.165, 1.54) is 0 Å². The number of rotatable bonds is 10. The van der Waals surface area contributed by atoms with Crippen LogP contribution in [-0.4, -0.2) is 63.2 Å². The summed E-state index contributed by atoms with van der Waals surface area (Å²) in [6.45, 7) is 1.29. The molecular formula is C17H24N4O7. The molecule has 0 bridgehead atoms. The lowest BCUT2D eigenvalue weighted by Gasteiger charge is -2.28. The van der Waals surface area contributed by atoms with Crippen molar-refractivity contribution in [3.63, 3.8) is 0 Å². The van der Waals surface area contributed by atoms with Crippen molar-refractivity contribution in [3.8, 4) is 0 Å². The number of carboxylic acids is 1. The van der Waals surface area contributed by atoms with Gasteiger partial charge in [-0.15, -0.1) is 0 Å². The second kappa shape index (κ2) is 9.76. The van der Waals surface area contributed by atoms with E-state index in [0.29, 0.717) is 0 Å². The van der Waals surface area contributed by atoms with Crippen molar-refractivity contribution in [2.24, 2.45) is 5.73 Å². The van der Waals surface area contributed by atoms with Gasteiger partial charge in [-0.05, 0) is 12.0 Å². The van der Waals surface area contributed by atoms with E-state index in [0.717, 1.165) is 19.4 Å². The van der Waals surface area contributed by atoms with E-state index in [4.69, 9.17) is 15.9 Å². The van der Waals surface area contributed by atoms with Gasteiger partial charge in [0.1, 0.15) is 6.04 Å². The number of benzene rings is 1. The third-order valence-electron chi connectivity index (χ3n) is 4.16. The molecule has 0 heterocycles. The average Bonchev–Trinajstić information content (AvgIpc) is 2.63. The molecule has 28 heavy (non-hydrogen) atoms. The number of nitrogens with zero attached hydrogens (tertiary/aromatic N) is 1. The maximum atomic E-state index is 12.4. The molecular weight excluding hydrogens is 372 g/mol. The minimum absolute atomic E-state index is 0.133. The number of aliphatic hydroxyl groups is 1. The van der Waals surface area contributed by atoms with Crippen LogP contribution in [0.15, 0.2) is 30.3 Å². The van der Waals surface area contributed by atoms with Crippen LogP contribution in [0.2, 0.25) is 0 Å². The van der Waals surface area contributed by atoms with Crippen molar-refractivity contribution in [1.82, 2.24) is 10.6 Å². The Labute approximate surface area is 161 Å². The predicted octanol–water partition coefficient (Wildman–Crippen LogP) is -1.34. The van der Waals surface area contributed by atoms with Gasteiger partial charge in [-0.2, -0.15) is 0 Å². The SMILES string of the molecule is CC(C)([C@H](NC(=O)[C@@H](N)Cc1ccccc1)C(=O)N[C@@H](CO)C(=O)O)[N+](=O)[O-]. The molecule has 6 N–H and O–H groups in total. The molecule has 11 heteroatoms. The fourth-order valence-electron chi connectivity index (χ4n) is 2.32. The van der Waals surface area contributed by atoms with Crippen LogP contribution in [0.4, 0.5) is 0 Å². The number of aliphatic hydroxyl groups excluding tert-OH is 1. The highest BCUT2D eigenvalue weighted by Crippen LogP contribution is 2.15. The van der Waals surface area contributed by atoms with Crippen LogP contribution in [0.1, 0.15) is 19.4 Å². The first kappa shape index (κ1) is 23.0. The molecule has 0 unspecified atom stereocenters. The van der Waals surface area contributed by atoms with Crippen molar-refractivity contribution >= 4 is 17.8 Å². The molecule has 2 amide bonds. The summed E-state index contributed by atoms with van der Waals surface area (Å²) >= 11 is 0. The zero-order valence-electron chi connectivity index (χ0n) is 15.5. The zero-order chi connectivity index (χ0) is 21.5. The molecule has 0 aliphatic rings. The summed E-state index contributed by atoms with van der Waals surface area (Å²) in [4.78, 5) is 46.5. The van der Waals surface area contributed by atoms with Crippen LogP contribution in [0.5, 0.6) is 0 Å². The molecule has 0 radical (unpaired) electrons. The van der Waals surface area contributed by atoms with Crippen molar-refractivity contribution < 1.29 is 29.5 Å². The van der Waals surface area contributed by atoms with Crippen LogP contribution < -0.4 is 16.4 Å². The Hall–Kier alpha value is -3.05. The molecule has 1 rings (SSSR count). The Kier molecular flexibility index (Phi) is 8.01. The van der Waals surface area contributed by atoms with Gasteiger partial charge in [0.25, 0.3) is 5.91 Å². The van der Waals surface area contributed by atoms with Gasteiger partial charge in [0.15, 0.2) is 6.04 Å². The van der Waals surface area contributed by atoms with E-state index >= 15 is 0 Å². The Morgan fingerprint density at radius 3 is 2.21 bits per heavy atom. The first-order valence-electron chi connectivity index (χ1n) is 8.39. The number of carbonyl (C=O) groups is 3. The number of nitrogens with two attached hydrogens (primary N) is 1. The Morgan fingerprint density at radius 1 is 1.18 bits per heavy atom. The van der Waals surface area contributed by atoms with Crippen LogP contribution in [0.25, 0.3) is 0 Å². The molecule has 0 aliphatic carbocycles. The standard InChI is InChI=1S/C17H24N4O7/c1-17(2,21(27)28)13(15(24)19-12(9-22)16(25)26)20-14(23)11(18)8-10-6-4-3-5-7-10/h3-7,11-13,22H,8-9,18H2,1-2H3,(H,19,24)(H,20,23)(H,25,26)/t11-,12-,13+/m0/s1. The van der Waals surface area contributed by atoms with Gasteiger partial charge < -0.3 is 26.6 Å². The minimum atomic E-state index is -1.97. The first-order valence-corrected chi connectivity index (χ1v) is 8.39. The molecule has 1 aromatic rings. The zero-order valence-corrected chi connectivity index (χ0v) is 15.5. The average molecular weight is 396 g/mol. The monoisotopic (exact) mass is 396 g/mol. The number of nitrogens with one attached hydrogen (secondary N) is 2. The number of nitro groups is 1. The van der Waals surface area contributed by atoms with Crippen LogP contribution in [-0.2, 0) is 20.8 Å². The summed E-state index contributed by atoms with van der Waals surface area (Å²) in [5.41, 5.74) is 4.63. The fraction of sp³-hybridized carbons (Fsp3) is 0.471. The van der Waals surface area contributed by atoms with Gasteiger partial charge in [-0.3, -0.25) is 19.7 Å². The van der Waals surface area contributed by atoms with E-state index in [-0.39, 0.29) is 6.42 Å². The number of amides is 2. The highest BCUT2D eigenvalue weighted by Gasteiger charge is 2.47. The summed E-state index contributed by atoms with van der Waals surface area (Å²) in [7, 11) is 0. The van der Waals surface area contributed by atoms with Crippen LogP contribution >= 0.6 is 0 Å². The fourth-order valence-corrected chi connectivity index (χ4v) is 2.32. The predicted molar refractivity (Wildman–Crippen MR) is 97.8 cm³/mol. The Balaban J connectivity index is 2.99. The van der Waals surface area contributed by atoms with Crippen molar-refractivity contribution in [1.29, 1.82) is 0 Å². The smallest absolute Gasteiger partial charge is 0.328 e. The van der Waals surface area contributed by atoms with E-state index in [9.17, 15) is 24.5 Å². The van der Waals surface area contributed by atoms with Gasteiger partial charge >= 0.3 is 5.97 Å². The summed E-state index contributed by atoms with van der Waals surface area (Å²) in [6.07, 6.45) is 0.133. The quantitative estimate of drug-likeness (QED) is 0.237. The molecule has 154 valence electrons. The van der Waals surface area contributed by atoms with Gasteiger partial charge in [0.05, 0.1) is 12.6 Å². The molecule has 0 aromatic heterocycles. The van der Waals surface area contributed by atoms with Gasteiger partial charge in [0, 0.05) is 18.8 Å². The first-order chi connectivity index (χ1) is 13.0. The third-order valence-corrected chi connectivity index (χ3v) is 4.16. The van der Waals surface area contributed by atoms with E-state index in [1.54, 1.807) is 30.3 Å². The lowest BCUT2D eigenvalue weighted by atomic mass is 9.93. The Morgan fingerprint density at radius 2 is 1.75 bits per heavy atom. The van der Waals surface area contributed by atoms with Gasteiger partial charge in [-0.25, -0.2) is 4.79 Å². The normalized spacial score (nSPS) is 14.4. The molecule has 3 atom stereocenters. The lowest BCUT2D eigenvalue weighted by Crippen LogP contribution is -2.64. The van der Waals surface area contributed by atoms with Crippen molar-refractivity contribution in [2.75, 3.05) is 6.61 Å². The minimum Gasteiger partial charge on any atom is -0.480 e. The van der Waals surface area contributed by atoms with E-state index in [1.807, 2.05) is 5.32 Å². The summed E-state index contributed by atoms with van der Waals surface area (Å²) in [5.74, 6) is -3.46. The molecule has 0 spiro atoms. The van der Waals surface area contributed by atoms with Crippen LogP contribution in [0.3, 0.4) is 0 Å². The van der Waals surface area contributed by atoms with Gasteiger partial charge in [-0.1, -0.05) is 30.3 Å². The number of carbonyl (C=O) groups excluding carboxylic acids is 2. The lowest BCUT2D eigenvalue weighted by molar-refractivity contribution is -0.562. The van der Waals surface area contributed by atoms with Gasteiger partial charge in [0.2, 0.25) is 11.4 Å². The molecule has 0 saturated carbocycles. The second-order valence-corrected chi connectivity index (χ2v) is 6.73. The highest BCUT2D eigenvalue weighted by molar-refractivity contribution is 5.92. The second-order valence-electron chi connectivity index (χ2n) is 6.73. The molecule has 0 saturated heterocycles. The highest BCUT2D eigenvalue weighted by atomic mass is 16.6. The van der Waals surface area contributed by atoms with Crippen molar-refractivity contribution in [3.05, 3.63) is 46.0 Å². The number of carboxylic acid groups (broad SMARTS) is 1. The molecule has 0 fully saturated rings. The van der Waals surface area contributed by atoms with E-state index in [2.05, 4.69) is 5.32 Å². The Bertz CT molecular complexity index is 723. The largest absolute Gasteiger partial charge is 0.480 e. The van der Waals surface area contributed by atoms with Crippen molar-refractivity contribution in [2.45, 2.75) is 43.9 Å². The van der Waals surface area contributed by atoms with Crippen LogP contribution in [0, 0.1) is 10.1 Å². The number of hydrogen-bond donors (Lipinski definition) is 5. The molecule has 0 aliphatic heterocycles.